The van der Waals surface area contributed by atoms with Crippen LogP contribution in [0.2, 0.25) is 0 Å². The van der Waals surface area contributed by atoms with Gasteiger partial charge in [0.15, 0.2) is 0 Å². The molecule has 1 atom stereocenters. The van der Waals surface area contributed by atoms with Crippen molar-refractivity contribution in [3.05, 3.63) is 53.1 Å². The van der Waals surface area contributed by atoms with Crippen LogP contribution in [0.3, 0.4) is 0 Å². The maximum Gasteiger partial charge on any atom is 0.258 e. The van der Waals surface area contributed by atoms with Gasteiger partial charge in [0.25, 0.3) is 5.89 Å². The predicted octanol–water partition coefficient (Wildman–Crippen LogP) is 4.61. The molecule has 148 valence electrons. The second-order valence-corrected chi connectivity index (χ2v) is 7.80. The number of ether oxygens (including phenoxy) is 1. The Labute approximate surface area is 170 Å². The fraction of sp³-hybridized carbons (Fsp3) is 0.348. The van der Waals surface area contributed by atoms with Gasteiger partial charge in [0, 0.05) is 17.2 Å². The molecule has 0 saturated carbocycles. The van der Waals surface area contributed by atoms with Crippen LogP contribution in [-0.4, -0.2) is 35.2 Å². The lowest BCUT2D eigenvalue weighted by Crippen LogP contribution is -2.17. The summed E-state index contributed by atoms with van der Waals surface area (Å²) in [7, 11) is 4.22. The summed E-state index contributed by atoms with van der Waals surface area (Å²) in [6.45, 7) is 3.86. The smallest absolute Gasteiger partial charge is 0.258 e. The van der Waals surface area contributed by atoms with E-state index in [1.807, 2.05) is 26.0 Å². The summed E-state index contributed by atoms with van der Waals surface area (Å²) in [6.07, 6.45) is 2.08. The van der Waals surface area contributed by atoms with Gasteiger partial charge in [-0.05, 0) is 70.1 Å². The molecule has 6 heteroatoms. The highest BCUT2D eigenvalue weighted by Crippen LogP contribution is 2.39. The first kappa shape index (κ1) is 19.2. The van der Waals surface area contributed by atoms with Crippen LogP contribution in [0.25, 0.3) is 22.8 Å². The summed E-state index contributed by atoms with van der Waals surface area (Å²) in [5, 5.41) is 13.7. The van der Waals surface area contributed by atoms with Crippen LogP contribution >= 0.6 is 0 Å². The average molecular weight is 388 g/mol. The molecular weight excluding hydrogens is 364 g/mol. The second-order valence-electron chi connectivity index (χ2n) is 7.80. The summed E-state index contributed by atoms with van der Waals surface area (Å²) >= 11 is 0. The summed E-state index contributed by atoms with van der Waals surface area (Å²) < 4.78 is 11.2. The summed E-state index contributed by atoms with van der Waals surface area (Å²) in [5.74, 6) is 1.53. The summed E-state index contributed by atoms with van der Waals surface area (Å²) in [5.41, 5.74) is 4.79. The number of hydrogen-bond acceptors (Lipinski definition) is 6. The Morgan fingerprint density at radius 2 is 2.07 bits per heavy atom. The minimum atomic E-state index is -0.00544. The maximum atomic E-state index is 9.46. The molecule has 3 aromatic rings. The standard InChI is InChI=1S/C23H24N4O2/c1-14(2)28-21-11-8-15(12-16(21)13-24)23-25-22(26-29-23)19-7-5-6-18-17(19)9-10-20(18)27(3)4/h5-8,11-12,14,20H,9-10H2,1-4H3. The molecule has 4 rings (SSSR count). The van der Waals surface area contributed by atoms with Gasteiger partial charge >= 0.3 is 0 Å². The molecule has 1 aliphatic carbocycles. The molecule has 0 radical (unpaired) electrons. The zero-order valence-electron chi connectivity index (χ0n) is 17.1. The van der Waals surface area contributed by atoms with Crippen LogP contribution in [0.4, 0.5) is 0 Å². The van der Waals surface area contributed by atoms with Crippen molar-refractivity contribution in [1.82, 2.24) is 15.0 Å². The molecule has 29 heavy (non-hydrogen) atoms. The van der Waals surface area contributed by atoms with Crippen molar-refractivity contribution >= 4 is 0 Å². The number of nitrogens with zero attached hydrogens (tertiary/aromatic N) is 4. The van der Waals surface area contributed by atoms with E-state index >= 15 is 0 Å². The van der Waals surface area contributed by atoms with E-state index in [-0.39, 0.29) is 6.10 Å². The molecule has 1 heterocycles. The molecule has 6 nitrogen and oxygen atoms in total. The highest BCUT2D eigenvalue weighted by atomic mass is 16.5. The van der Waals surface area contributed by atoms with Gasteiger partial charge in [-0.15, -0.1) is 0 Å². The van der Waals surface area contributed by atoms with Crippen LogP contribution in [0.5, 0.6) is 5.75 Å². The van der Waals surface area contributed by atoms with E-state index in [0.29, 0.717) is 34.6 Å². The van der Waals surface area contributed by atoms with Gasteiger partial charge in [0.2, 0.25) is 5.82 Å². The molecule has 1 aliphatic rings. The van der Waals surface area contributed by atoms with E-state index in [1.165, 1.54) is 11.1 Å². The summed E-state index contributed by atoms with van der Waals surface area (Å²) in [6, 6.07) is 14.2. The molecule has 0 saturated heterocycles. The fourth-order valence-corrected chi connectivity index (χ4v) is 3.94. The molecule has 1 aromatic heterocycles. The minimum Gasteiger partial charge on any atom is -0.490 e. The van der Waals surface area contributed by atoms with Gasteiger partial charge in [-0.25, -0.2) is 0 Å². The number of fused-ring (bicyclic) bond motifs is 1. The molecule has 0 N–H and O–H groups in total. The minimum absolute atomic E-state index is 0.00544. The topological polar surface area (TPSA) is 75.2 Å². The first-order valence-electron chi connectivity index (χ1n) is 9.81. The Kier molecular flexibility index (Phi) is 5.08. The van der Waals surface area contributed by atoms with Crippen molar-refractivity contribution in [2.45, 2.75) is 38.8 Å². The molecule has 1 unspecified atom stereocenters. The van der Waals surface area contributed by atoms with Gasteiger partial charge in [0.1, 0.15) is 11.8 Å². The van der Waals surface area contributed by atoms with Crippen molar-refractivity contribution in [3.8, 4) is 34.7 Å². The van der Waals surface area contributed by atoms with E-state index in [0.717, 1.165) is 18.4 Å². The molecule has 0 aliphatic heterocycles. The molecule has 0 spiro atoms. The van der Waals surface area contributed by atoms with Crippen LogP contribution < -0.4 is 4.74 Å². The molecule has 0 bridgehead atoms. The van der Waals surface area contributed by atoms with Crippen molar-refractivity contribution < 1.29 is 9.26 Å². The highest BCUT2D eigenvalue weighted by molar-refractivity contribution is 5.67. The zero-order valence-corrected chi connectivity index (χ0v) is 17.1. The Balaban J connectivity index is 1.68. The first-order chi connectivity index (χ1) is 14.0. The van der Waals surface area contributed by atoms with Crippen molar-refractivity contribution in [3.63, 3.8) is 0 Å². The molecule has 0 fully saturated rings. The van der Waals surface area contributed by atoms with E-state index in [1.54, 1.807) is 12.1 Å². The van der Waals surface area contributed by atoms with E-state index in [9.17, 15) is 5.26 Å². The summed E-state index contributed by atoms with van der Waals surface area (Å²) in [4.78, 5) is 6.87. The average Bonchev–Trinajstić information content (AvgIpc) is 3.35. The maximum absolute atomic E-state index is 9.46. The Hall–Kier alpha value is -3.17. The third-order valence-electron chi connectivity index (χ3n) is 5.24. The monoisotopic (exact) mass is 388 g/mol. The number of hydrogen-bond donors (Lipinski definition) is 0. The normalized spacial score (nSPS) is 15.6. The van der Waals surface area contributed by atoms with Crippen LogP contribution in [0.15, 0.2) is 40.9 Å². The van der Waals surface area contributed by atoms with Gasteiger partial charge < -0.3 is 14.2 Å². The predicted molar refractivity (Wildman–Crippen MR) is 110 cm³/mol. The molecule has 2 aromatic carbocycles. The lowest BCUT2D eigenvalue weighted by molar-refractivity contribution is 0.242. The van der Waals surface area contributed by atoms with Gasteiger partial charge in [0.05, 0.1) is 11.7 Å². The zero-order chi connectivity index (χ0) is 20.5. The number of nitriles is 1. The Bertz CT molecular complexity index is 1080. The van der Waals surface area contributed by atoms with Crippen LogP contribution in [0, 0.1) is 11.3 Å². The first-order valence-corrected chi connectivity index (χ1v) is 9.81. The molecule has 0 amide bonds. The van der Waals surface area contributed by atoms with E-state index < -0.39 is 0 Å². The third kappa shape index (κ3) is 3.62. The van der Waals surface area contributed by atoms with Crippen LogP contribution in [0.1, 0.15) is 43.0 Å². The largest absolute Gasteiger partial charge is 0.490 e. The van der Waals surface area contributed by atoms with Crippen molar-refractivity contribution in [2.24, 2.45) is 0 Å². The Morgan fingerprint density at radius 1 is 1.24 bits per heavy atom. The molecular formula is C23H24N4O2. The van der Waals surface area contributed by atoms with Crippen molar-refractivity contribution in [1.29, 1.82) is 5.26 Å². The number of benzene rings is 2. The second kappa shape index (κ2) is 7.69. The third-order valence-corrected chi connectivity index (χ3v) is 5.24. The fourth-order valence-electron chi connectivity index (χ4n) is 3.94. The van der Waals surface area contributed by atoms with Crippen LogP contribution in [-0.2, 0) is 6.42 Å². The lowest BCUT2D eigenvalue weighted by atomic mass is 10.0. The van der Waals surface area contributed by atoms with Gasteiger partial charge in [-0.1, -0.05) is 23.4 Å². The lowest BCUT2D eigenvalue weighted by Gasteiger charge is -2.20. The van der Waals surface area contributed by atoms with Gasteiger partial charge in [-0.3, -0.25) is 0 Å². The number of aromatic nitrogens is 2. The van der Waals surface area contributed by atoms with E-state index in [2.05, 4.69) is 47.3 Å². The van der Waals surface area contributed by atoms with Crippen molar-refractivity contribution in [2.75, 3.05) is 14.1 Å². The van der Waals surface area contributed by atoms with Gasteiger partial charge in [-0.2, -0.15) is 10.2 Å². The SMILES string of the molecule is CC(C)Oc1ccc(-c2nc(-c3cccc4c3CCC4N(C)C)no2)cc1C#N. The quantitative estimate of drug-likeness (QED) is 0.635. The van der Waals surface area contributed by atoms with E-state index in [4.69, 9.17) is 9.26 Å². The Morgan fingerprint density at radius 3 is 2.79 bits per heavy atom. The highest BCUT2D eigenvalue weighted by Gasteiger charge is 2.27. The number of rotatable bonds is 5.